The Balaban J connectivity index is 1.28. The van der Waals surface area contributed by atoms with Gasteiger partial charge in [-0.1, -0.05) is 19.3 Å². The maximum Gasteiger partial charge on any atom is 0.227 e. The van der Waals surface area contributed by atoms with Crippen LogP contribution in [-0.4, -0.2) is 56.2 Å². The normalized spacial score (nSPS) is 25.5. The monoisotopic (exact) mass is 445 g/mol. The van der Waals surface area contributed by atoms with Crippen LogP contribution in [0.5, 0.6) is 5.75 Å². The molecule has 0 radical (unpaired) electrons. The van der Waals surface area contributed by atoms with E-state index in [0.29, 0.717) is 30.4 Å². The van der Waals surface area contributed by atoms with Gasteiger partial charge in [0.05, 0.1) is 12.6 Å². The summed E-state index contributed by atoms with van der Waals surface area (Å²) in [6, 6.07) is 5.18. The number of benzene rings is 1. The number of anilines is 1. The van der Waals surface area contributed by atoms with Gasteiger partial charge in [0.1, 0.15) is 0 Å². The van der Waals surface area contributed by atoms with Crippen LogP contribution >= 0.6 is 0 Å². The van der Waals surface area contributed by atoms with Crippen LogP contribution in [0, 0.1) is 11.7 Å². The van der Waals surface area contributed by atoms with Crippen LogP contribution in [0.3, 0.4) is 0 Å². The third kappa shape index (κ3) is 6.44. The first kappa shape index (κ1) is 23.5. The highest BCUT2D eigenvalue weighted by atomic mass is 19.1. The Morgan fingerprint density at radius 2 is 1.91 bits per heavy atom. The Bertz CT molecular complexity index is 730. The standard InChI is InChI=1S/C26H40FN3O2/c27-24-18-22(30-23(11-13-26(30)31)20-29-15-5-2-6-16-29)10-12-25(24)32-17-7-9-21-8-3-1-4-14-28-19-21/h10,12,18,21,23,28H,1-9,11,13-17,19-20H2. The van der Waals surface area contributed by atoms with Gasteiger partial charge in [-0.3, -0.25) is 4.79 Å². The quantitative estimate of drug-likeness (QED) is 0.587. The number of piperidine rings is 1. The van der Waals surface area contributed by atoms with E-state index in [0.717, 1.165) is 52.0 Å². The molecule has 0 aromatic heterocycles. The summed E-state index contributed by atoms with van der Waals surface area (Å²) in [5.41, 5.74) is 0.667. The van der Waals surface area contributed by atoms with E-state index in [9.17, 15) is 9.18 Å². The van der Waals surface area contributed by atoms with Crippen molar-refractivity contribution in [3.63, 3.8) is 0 Å². The summed E-state index contributed by atoms with van der Waals surface area (Å²) >= 11 is 0. The Kier molecular flexibility index (Phi) is 8.80. The van der Waals surface area contributed by atoms with E-state index < -0.39 is 0 Å². The van der Waals surface area contributed by atoms with E-state index in [1.807, 2.05) is 11.0 Å². The van der Waals surface area contributed by atoms with Gasteiger partial charge in [-0.2, -0.15) is 0 Å². The second-order valence-corrected chi connectivity index (χ2v) is 9.84. The zero-order chi connectivity index (χ0) is 22.2. The molecule has 1 amide bonds. The lowest BCUT2D eigenvalue weighted by Crippen LogP contribution is -2.43. The smallest absolute Gasteiger partial charge is 0.227 e. The van der Waals surface area contributed by atoms with E-state index in [1.165, 1.54) is 51.0 Å². The summed E-state index contributed by atoms with van der Waals surface area (Å²) in [5, 5.41) is 3.53. The molecule has 0 bridgehead atoms. The van der Waals surface area contributed by atoms with Gasteiger partial charge in [-0.15, -0.1) is 0 Å². The first-order valence-electron chi connectivity index (χ1n) is 12.9. The highest BCUT2D eigenvalue weighted by Gasteiger charge is 2.34. The lowest BCUT2D eigenvalue weighted by molar-refractivity contribution is -0.117. The molecule has 1 aromatic carbocycles. The third-order valence-corrected chi connectivity index (χ3v) is 7.35. The van der Waals surface area contributed by atoms with E-state index in [2.05, 4.69) is 10.2 Å². The van der Waals surface area contributed by atoms with Crippen LogP contribution in [0.1, 0.15) is 70.6 Å². The summed E-state index contributed by atoms with van der Waals surface area (Å²) < 4.78 is 20.6. The molecule has 1 aromatic rings. The van der Waals surface area contributed by atoms with E-state index in [4.69, 9.17) is 4.74 Å². The molecule has 32 heavy (non-hydrogen) atoms. The molecule has 2 atom stereocenters. The number of likely N-dealkylation sites (tertiary alicyclic amines) is 1. The zero-order valence-corrected chi connectivity index (χ0v) is 19.5. The summed E-state index contributed by atoms with van der Waals surface area (Å²) in [7, 11) is 0. The van der Waals surface area contributed by atoms with Gasteiger partial charge in [-0.25, -0.2) is 4.39 Å². The average molecular weight is 446 g/mol. The number of rotatable bonds is 8. The van der Waals surface area contributed by atoms with Gasteiger partial charge < -0.3 is 19.9 Å². The zero-order valence-electron chi connectivity index (χ0n) is 19.5. The molecule has 3 fully saturated rings. The van der Waals surface area contributed by atoms with Crippen LogP contribution < -0.4 is 15.0 Å². The fraction of sp³-hybridized carbons (Fsp3) is 0.731. The van der Waals surface area contributed by atoms with E-state index in [-0.39, 0.29) is 17.8 Å². The Hall–Kier alpha value is -1.66. The first-order valence-corrected chi connectivity index (χ1v) is 12.9. The maximum atomic E-state index is 14.8. The molecule has 3 aliphatic rings. The molecule has 0 aliphatic carbocycles. The number of hydrogen-bond acceptors (Lipinski definition) is 4. The lowest BCUT2D eigenvalue weighted by atomic mass is 9.95. The Labute approximate surface area is 192 Å². The van der Waals surface area contributed by atoms with Crippen molar-refractivity contribution in [2.24, 2.45) is 5.92 Å². The van der Waals surface area contributed by atoms with Gasteiger partial charge in [0, 0.05) is 24.7 Å². The van der Waals surface area contributed by atoms with E-state index in [1.54, 1.807) is 6.07 Å². The van der Waals surface area contributed by atoms with Crippen LogP contribution in [-0.2, 0) is 4.79 Å². The molecule has 2 unspecified atom stereocenters. The first-order chi connectivity index (χ1) is 15.7. The molecule has 6 heteroatoms. The summed E-state index contributed by atoms with van der Waals surface area (Å²) in [6.07, 6.45) is 12.4. The van der Waals surface area contributed by atoms with Crippen molar-refractivity contribution in [3.05, 3.63) is 24.0 Å². The third-order valence-electron chi connectivity index (χ3n) is 7.35. The van der Waals surface area contributed by atoms with Crippen molar-refractivity contribution < 1.29 is 13.9 Å². The van der Waals surface area contributed by atoms with Gasteiger partial charge in [-0.05, 0) is 89.2 Å². The molecule has 4 rings (SSSR count). The Morgan fingerprint density at radius 3 is 2.75 bits per heavy atom. The molecule has 3 heterocycles. The van der Waals surface area contributed by atoms with Crippen molar-refractivity contribution in [2.75, 3.05) is 44.2 Å². The number of carbonyl (C=O) groups is 1. The Morgan fingerprint density at radius 1 is 1.06 bits per heavy atom. The van der Waals surface area contributed by atoms with Gasteiger partial charge >= 0.3 is 0 Å². The van der Waals surface area contributed by atoms with E-state index >= 15 is 0 Å². The lowest BCUT2D eigenvalue weighted by Gasteiger charge is -2.33. The highest BCUT2D eigenvalue weighted by Crippen LogP contribution is 2.31. The van der Waals surface area contributed by atoms with Crippen molar-refractivity contribution in [3.8, 4) is 5.75 Å². The van der Waals surface area contributed by atoms with Gasteiger partial charge in [0.2, 0.25) is 5.91 Å². The molecule has 0 saturated carbocycles. The molecular formula is C26H40FN3O2. The summed E-state index contributed by atoms with van der Waals surface area (Å²) in [4.78, 5) is 16.9. The molecule has 3 aliphatic heterocycles. The molecular weight excluding hydrogens is 405 g/mol. The molecule has 3 saturated heterocycles. The number of carbonyl (C=O) groups excluding carboxylic acids is 1. The van der Waals surface area contributed by atoms with Crippen LogP contribution in [0.2, 0.25) is 0 Å². The minimum absolute atomic E-state index is 0.105. The number of hydrogen-bond donors (Lipinski definition) is 1. The predicted molar refractivity (Wildman–Crippen MR) is 127 cm³/mol. The minimum atomic E-state index is -0.369. The second-order valence-electron chi connectivity index (χ2n) is 9.84. The maximum absolute atomic E-state index is 14.8. The van der Waals surface area contributed by atoms with Crippen molar-refractivity contribution in [1.82, 2.24) is 10.2 Å². The second kappa shape index (κ2) is 12.0. The average Bonchev–Trinajstić information content (AvgIpc) is 3.13. The molecule has 5 nitrogen and oxygen atoms in total. The van der Waals surface area contributed by atoms with Crippen molar-refractivity contribution in [1.29, 1.82) is 0 Å². The largest absolute Gasteiger partial charge is 0.491 e. The van der Waals surface area contributed by atoms with Crippen LogP contribution in [0.25, 0.3) is 0 Å². The topological polar surface area (TPSA) is 44.8 Å². The number of halogens is 1. The van der Waals surface area contributed by atoms with Crippen LogP contribution in [0.4, 0.5) is 10.1 Å². The number of ether oxygens (including phenoxy) is 1. The highest BCUT2D eigenvalue weighted by molar-refractivity contribution is 5.96. The SMILES string of the molecule is O=C1CCC(CN2CCCCC2)N1c1ccc(OCCCC2CCCCCNC2)c(F)c1. The number of amides is 1. The van der Waals surface area contributed by atoms with Crippen molar-refractivity contribution >= 4 is 11.6 Å². The fourth-order valence-corrected chi connectivity index (χ4v) is 5.54. The molecule has 0 spiro atoms. The van der Waals surface area contributed by atoms with Gasteiger partial charge in [0.15, 0.2) is 11.6 Å². The number of nitrogens with one attached hydrogen (secondary N) is 1. The van der Waals surface area contributed by atoms with Gasteiger partial charge in [0.25, 0.3) is 0 Å². The van der Waals surface area contributed by atoms with Crippen molar-refractivity contribution in [2.45, 2.75) is 76.7 Å². The molecule has 178 valence electrons. The molecule has 1 N–H and O–H groups in total. The van der Waals surface area contributed by atoms with Crippen LogP contribution in [0.15, 0.2) is 18.2 Å². The fourth-order valence-electron chi connectivity index (χ4n) is 5.54. The summed E-state index contributed by atoms with van der Waals surface area (Å²) in [5.74, 6) is 0.729. The summed E-state index contributed by atoms with van der Waals surface area (Å²) in [6.45, 7) is 5.86. The number of nitrogens with zero attached hydrogens (tertiary/aromatic N) is 2. The minimum Gasteiger partial charge on any atom is -0.491 e. The predicted octanol–water partition coefficient (Wildman–Crippen LogP) is 4.75.